The zero-order valence-corrected chi connectivity index (χ0v) is 12.1. The van der Waals surface area contributed by atoms with Crippen molar-refractivity contribution in [2.45, 2.75) is 0 Å². The van der Waals surface area contributed by atoms with Crippen molar-refractivity contribution in [2.75, 3.05) is 4.72 Å². The Labute approximate surface area is 128 Å². The van der Waals surface area contributed by atoms with Gasteiger partial charge in [0.25, 0.3) is 0 Å². The van der Waals surface area contributed by atoms with Crippen molar-refractivity contribution in [3.05, 3.63) is 77.2 Å². The Morgan fingerprint density at radius 2 is 1.76 bits per heavy atom. The van der Waals surface area contributed by atoms with Crippen LogP contribution in [0.5, 0.6) is 0 Å². The number of carbonyl (C=O) groups is 1. The van der Waals surface area contributed by atoms with Gasteiger partial charge in [-0.3, -0.25) is 0 Å². The van der Waals surface area contributed by atoms with Gasteiger partial charge in [-0.2, -0.15) is 0 Å². The van der Waals surface area contributed by atoms with Crippen LogP contribution in [-0.4, -0.2) is 11.1 Å². The summed E-state index contributed by atoms with van der Waals surface area (Å²) in [6.45, 7) is 0. The molecule has 3 nitrogen and oxygen atoms in total. The number of hydrogen-bond acceptors (Lipinski definition) is 3. The quantitative estimate of drug-likeness (QED) is 0.608. The topological polar surface area (TPSA) is 49.3 Å². The van der Waals surface area contributed by atoms with Crippen molar-refractivity contribution in [1.29, 1.82) is 0 Å². The van der Waals surface area contributed by atoms with Crippen LogP contribution in [0, 0.1) is 0 Å². The van der Waals surface area contributed by atoms with Crippen LogP contribution in [0.1, 0.15) is 11.1 Å². The van der Waals surface area contributed by atoms with Gasteiger partial charge in [0, 0.05) is 11.8 Å². The molecule has 0 aliphatic heterocycles. The van der Waals surface area contributed by atoms with Crippen molar-refractivity contribution in [3.8, 4) is 0 Å². The molecule has 0 aliphatic carbocycles. The van der Waals surface area contributed by atoms with E-state index in [0.717, 1.165) is 22.9 Å². The zero-order valence-electron chi connectivity index (χ0n) is 11.3. The van der Waals surface area contributed by atoms with Crippen molar-refractivity contribution >= 4 is 35.8 Å². The first kappa shape index (κ1) is 14.9. The maximum absolute atomic E-state index is 10.5. The average molecular weight is 297 g/mol. The molecule has 2 aromatic rings. The Kier molecular flexibility index (Phi) is 5.67. The minimum absolute atomic E-state index is 0.843. The van der Waals surface area contributed by atoms with E-state index in [4.69, 9.17) is 5.11 Å². The lowest BCUT2D eigenvalue weighted by atomic mass is 10.2. The third-order valence-electron chi connectivity index (χ3n) is 2.61. The van der Waals surface area contributed by atoms with Crippen LogP contribution in [0.25, 0.3) is 12.2 Å². The highest BCUT2D eigenvalue weighted by Crippen LogP contribution is 2.17. The van der Waals surface area contributed by atoms with E-state index >= 15 is 0 Å². The molecule has 0 amide bonds. The summed E-state index contributed by atoms with van der Waals surface area (Å²) < 4.78 is 3.19. The van der Waals surface area contributed by atoms with E-state index in [1.807, 2.05) is 66.1 Å². The molecule has 0 aromatic heterocycles. The molecule has 0 atom stereocenters. The molecule has 0 heterocycles. The monoisotopic (exact) mass is 297 g/mol. The van der Waals surface area contributed by atoms with Crippen molar-refractivity contribution in [2.24, 2.45) is 0 Å². The Bertz CT molecular complexity index is 651. The van der Waals surface area contributed by atoms with Gasteiger partial charge >= 0.3 is 5.97 Å². The zero-order chi connectivity index (χ0) is 14.9. The second kappa shape index (κ2) is 7.97. The van der Waals surface area contributed by atoms with E-state index in [-0.39, 0.29) is 0 Å². The highest BCUT2D eigenvalue weighted by molar-refractivity contribution is 8.03. The number of carboxylic acid groups (broad SMARTS) is 1. The molecule has 0 saturated carbocycles. The number of benzene rings is 2. The van der Waals surface area contributed by atoms with Crippen LogP contribution in [0.15, 0.2) is 66.1 Å². The van der Waals surface area contributed by atoms with E-state index in [2.05, 4.69) is 4.72 Å². The van der Waals surface area contributed by atoms with E-state index in [9.17, 15) is 4.79 Å². The standard InChI is InChI=1S/C17H15NO2S/c19-17(20)10-9-15-7-4-8-16(13-15)18-21-12-11-14-5-2-1-3-6-14/h1-13,18H,(H,19,20)/b10-9+,12-11+. The van der Waals surface area contributed by atoms with Crippen LogP contribution in [0.2, 0.25) is 0 Å². The van der Waals surface area contributed by atoms with Gasteiger partial charge in [-0.15, -0.1) is 0 Å². The van der Waals surface area contributed by atoms with Gasteiger partial charge in [-0.05, 0) is 52.8 Å². The molecule has 2 N–H and O–H groups in total. The third-order valence-corrected chi connectivity index (χ3v) is 3.24. The molecule has 2 rings (SSSR count). The second-order valence-corrected chi connectivity index (χ2v) is 4.94. The van der Waals surface area contributed by atoms with Gasteiger partial charge in [0.1, 0.15) is 0 Å². The number of carboxylic acids is 1. The van der Waals surface area contributed by atoms with Gasteiger partial charge in [-0.25, -0.2) is 4.79 Å². The first-order valence-electron chi connectivity index (χ1n) is 6.38. The highest BCUT2D eigenvalue weighted by Gasteiger charge is 1.93. The van der Waals surface area contributed by atoms with Crippen molar-refractivity contribution in [1.82, 2.24) is 0 Å². The maximum atomic E-state index is 10.5. The summed E-state index contributed by atoms with van der Waals surface area (Å²) in [5.41, 5.74) is 2.91. The van der Waals surface area contributed by atoms with Gasteiger partial charge in [0.05, 0.1) is 0 Å². The van der Waals surface area contributed by atoms with Crippen molar-refractivity contribution in [3.63, 3.8) is 0 Å². The summed E-state index contributed by atoms with van der Waals surface area (Å²) in [7, 11) is 0. The minimum atomic E-state index is -0.950. The van der Waals surface area contributed by atoms with Gasteiger partial charge in [-0.1, -0.05) is 42.5 Å². The number of hydrogen-bond donors (Lipinski definition) is 2. The smallest absolute Gasteiger partial charge is 0.328 e. The molecule has 0 spiro atoms. The molecule has 21 heavy (non-hydrogen) atoms. The molecule has 0 aliphatic rings. The Balaban J connectivity index is 1.90. The van der Waals surface area contributed by atoms with E-state index in [1.165, 1.54) is 11.9 Å². The maximum Gasteiger partial charge on any atom is 0.328 e. The SMILES string of the molecule is O=C(O)/C=C/c1cccc(NS/C=C/c2ccccc2)c1. The molecule has 4 heteroatoms. The molecular weight excluding hydrogens is 282 g/mol. The number of anilines is 1. The Hall–Kier alpha value is -2.46. The fourth-order valence-electron chi connectivity index (χ4n) is 1.65. The molecule has 106 valence electrons. The number of aliphatic carboxylic acids is 1. The molecule has 0 unspecified atom stereocenters. The average Bonchev–Trinajstić information content (AvgIpc) is 2.51. The predicted molar refractivity (Wildman–Crippen MR) is 89.8 cm³/mol. The lowest BCUT2D eigenvalue weighted by Gasteiger charge is -2.03. The summed E-state index contributed by atoms with van der Waals surface area (Å²) in [6.07, 6.45) is 4.71. The number of nitrogens with one attached hydrogen (secondary N) is 1. The molecule has 0 radical (unpaired) electrons. The molecule has 2 aromatic carbocycles. The highest BCUT2D eigenvalue weighted by atomic mass is 32.2. The molecule has 0 bridgehead atoms. The van der Waals surface area contributed by atoms with Crippen molar-refractivity contribution < 1.29 is 9.90 Å². The fourth-order valence-corrected chi connectivity index (χ4v) is 2.21. The van der Waals surface area contributed by atoms with Crippen LogP contribution in [0.3, 0.4) is 0 Å². The van der Waals surface area contributed by atoms with Gasteiger partial charge < -0.3 is 9.83 Å². The summed E-state index contributed by atoms with van der Waals surface area (Å²) in [5.74, 6) is -0.950. The Morgan fingerprint density at radius 1 is 1.00 bits per heavy atom. The summed E-state index contributed by atoms with van der Waals surface area (Å²) in [5, 5.41) is 10.6. The summed E-state index contributed by atoms with van der Waals surface area (Å²) in [6, 6.07) is 17.6. The normalized spacial score (nSPS) is 11.0. The first-order valence-corrected chi connectivity index (χ1v) is 7.26. The van der Waals surface area contributed by atoms with E-state index in [1.54, 1.807) is 6.08 Å². The molecule has 0 saturated heterocycles. The van der Waals surface area contributed by atoms with E-state index in [0.29, 0.717) is 0 Å². The summed E-state index contributed by atoms with van der Waals surface area (Å²) >= 11 is 1.46. The van der Waals surface area contributed by atoms with Gasteiger partial charge in [0.2, 0.25) is 0 Å². The van der Waals surface area contributed by atoms with Crippen LogP contribution >= 0.6 is 11.9 Å². The molecular formula is C17H15NO2S. The fraction of sp³-hybridized carbons (Fsp3) is 0. The lowest BCUT2D eigenvalue weighted by Crippen LogP contribution is -1.87. The predicted octanol–water partition coefficient (Wildman–Crippen LogP) is 4.52. The van der Waals surface area contributed by atoms with Gasteiger partial charge in [0.15, 0.2) is 0 Å². The largest absolute Gasteiger partial charge is 0.478 e. The number of rotatable bonds is 6. The second-order valence-electron chi connectivity index (χ2n) is 4.23. The van der Waals surface area contributed by atoms with Crippen LogP contribution < -0.4 is 4.72 Å². The lowest BCUT2D eigenvalue weighted by molar-refractivity contribution is -0.131. The third kappa shape index (κ3) is 5.58. The minimum Gasteiger partial charge on any atom is -0.478 e. The van der Waals surface area contributed by atoms with E-state index < -0.39 is 5.97 Å². The molecule has 0 fully saturated rings. The van der Waals surface area contributed by atoms with Crippen LogP contribution in [-0.2, 0) is 4.79 Å². The first-order chi connectivity index (χ1) is 10.2. The Morgan fingerprint density at radius 3 is 2.52 bits per heavy atom. The summed E-state index contributed by atoms with van der Waals surface area (Å²) in [4.78, 5) is 10.5. The van der Waals surface area contributed by atoms with Crippen LogP contribution in [0.4, 0.5) is 5.69 Å².